The molecule has 1 atom stereocenters. The Morgan fingerprint density at radius 2 is 2.39 bits per heavy atom. The zero-order valence-corrected chi connectivity index (χ0v) is 10.5. The quantitative estimate of drug-likeness (QED) is 0.654. The van der Waals surface area contributed by atoms with Crippen molar-refractivity contribution >= 4 is 17.3 Å². The molecule has 2 rings (SSSR count). The Morgan fingerprint density at radius 1 is 1.61 bits per heavy atom. The first-order chi connectivity index (χ1) is 8.60. The number of nitrogen functional groups attached to an aromatic ring is 1. The van der Waals surface area contributed by atoms with Crippen molar-refractivity contribution in [2.45, 2.75) is 26.2 Å². The summed E-state index contributed by atoms with van der Waals surface area (Å²) < 4.78 is 0. The summed E-state index contributed by atoms with van der Waals surface area (Å²) in [6.07, 6.45) is 3.49. The Bertz CT molecular complexity index is 450. The zero-order valence-electron chi connectivity index (χ0n) is 10.5. The van der Waals surface area contributed by atoms with E-state index in [1.54, 1.807) is 0 Å². The molecule has 2 heterocycles. The molecule has 0 saturated carbocycles. The van der Waals surface area contributed by atoms with Gasteiger partial charge in [0.1, 0.15) is 11.6 Å². The molecule has 1 aromatic rings. The third-order valence-corrected chi connectivity index (χ3v) is 3.33. The zero-order chi connectivity index (χ0) is 13.1. The molecule has 6 heteroatoms. The average molecular weight is 250 g/mol. The first kappa shape index (κ1) is 12.6. The van der Waals surface area contributed by atoms with Gasteiger partial charge in [0.2, 0.25) is 0 Å². The summed E-state index contributed by atoms with van der Waals surface area (Å²) >= 11 is 0. The van der Waals surface area contributed by atoms with Crippen LogP contribution in [0.25, 0.3) is 0 Å². The van der Waals surface area contributed by atoms with E-state index in [0.717, 1.165) is 19.5 Å². The van der Waals surface area contributed by atoms with Crippen LogP contribution in [0.5, 0.6) is 0 Å². The fraction of sp³-hybridized carbons (Fsp3) is 0.583. The van der Waals surface area contributed by atoms with E-state index in [0.29, 0.717) is 11.7 Å². The lowest BCUT2D eigenvalue weighted by molar-refractivity contribution is -0.384. The van der Waals surface area contributed by atoms with Crippen molar-refractivity contribution in [3.63, 3.8) is 0 Å². The van der Waals surface area contributed by atoms with Crippen LogP contribution in [-0.2, 0) is 0 Å². The molecule has 1 aromatic heterocycles. The van der Waals surface area contributed by atoms with Crippen molar-refractivity contribution in [3.05, 3.63) is 22.2 Å². The maximum Gasteiger partial charge on any atom is 0.276 e. The van der Waals surface area contributed by atoms with Crippen LogP contribution in [-0.4, -0.2) is 23.0 Å². The minimum absolute atomic E-state index is 0.0106. The van der Waals surface area contributed by atoms with Crippen molar-refractivity contribution < 1.29 is 4.92 Å². The lowest BCUT2D eigenvalue weighted by Gasteiger charge is -2.17. The van der Waals surface area contributed by atoms with E-state index in [9.17, 15) is 10.1 Å². The second kappa shape index (κ2) is 5.20. The first-order valence-corrected chi connectivity index (χ1v) is 6.27. The number of aromatic nitrogens is 1. The fourth-order valence-corrected chi connectivity index (χ4v) is 2.47. The Labute approximate surface area is 106 Å². The standard InChI is InChI=1S/C12H18N4O2/c1-2-3-9-4-5-15(8-9)12-7-10(16(17)18)6-11(13)14-12/h6-7,9H,2-5,8H2,1H3,(H2,13,14). The molecule has 18 heavy (non-hydrogen) atoms. The van der Waals surface area contributed by atoms with Crippen LogP contribution < -0.4 is 10.6 Å². The summed E-state index contributed by atoms with van der Waals surface area (Å²) in [5, 5.41) is 10.8. The van der Waals surface area contributed by atoms with Crippen LogP contribution in [0.15, 0.2) is 12.1 Å². The second-order valence-corrected chi connectivity index (χ2v) is 4.75. The van der Waals surface area contributed by atoms with Gasteiger partial charge in [-0.3, -0.25) is 10.1 Å². The molecule has 0 aromatic carbocycles. The van der Waals surface area contributed by atoms with Crippen LogP contribution in [0.3, 0.4) is 0 Å². The van der Waals surface area contributed by atoms with Gasteiger partial charge in [-0.25, -0.2) is 4.98 Å². The summed E-state index contributed by atoms with van der Waals surface area (Å²) in [4.78, 5) is 16.6. The number of nitrogens with zero attached hydrogens (tertiary/aromatic N) is 3. The molecule has 2 N–H and O–H groups in total. The Balaban J connectivity index is 2.16. The van der Waals surface area contributed by atoms with Crippen molar-refractivity contribution in [3.8, 4) is 0 Å². The summed E-state index contributed by atoms with van der Waals surface area (Å²) in [6, 6.07) is 2.80. The molecule has 1 saturated heterocycles. The van der Waals surface area contributed by atoms with Gasteiger partial charge in [-0.15, -0.1) is 0 Å². The molecule has 0 radical (unpaired) electrons. The largest absolute Gasteiger partial charge is 0.383 e. The monoisotopic (exact) mass is 250 g/mol. The normalized spacial score (nSPS) is 19.2. The number of nitrogens with two attached hydrogens (primary N) is 1. The number of anilines is 2. The predicted molar refractivity (Wildman–Crippen MR) is 70.5 cm³/mol. The molecule has 98 valence electrons. The molecule has 0 amide bonds. The number of nitro groups is 1. The van der Waals surface area contributed by atoms with Gasteiger partial charge < -0.3 is 10.6 Å². The highest BCUT2D eigenvalue weighted by Gasteiger charge is 2.24. The minimum Gasteiger partial charge on any atom is -0.383 e. The van der Waals surface area contributed by atoms with E-state index in [4.69, 9.17) is 5.73 Å². The summed E-state index contributed by atoms with van der Waals surface area (Å²) in [5.41, 5.74) is 5.63. The molecule has 1 aliphatic heterocycles. The molecular formula is C12H18N4O2. The third kappa shape index (κ3) is 2.69. The van der Waals surface area contributed by atoms with Crippen molar-refractivity contribution in [2.75, 3.05) is 23.7 Å². The number of hydrogen-bond donors (Lipinski definition) is 1. The SMILES string of the molecule is CCCC1CCN(c2cc([N+](=O)[O-])cc(N)n2)C1. The Morgan fingerprint density at radius 3 is 3.06 bits per heavy atom. The van der Waals surface area contributed by atoms with Crippen LogP contribution in [0.2, 0.25) is 0 Å². The maximum atomic E-state index is 10.8. The molecule has 0 aliphatic carbocycles. The van der Waals surface area contributed by atoms with Crippen LogP contribution >= 0.6 is 0 Å². The van der Waals surface area contributed by atoms with E-state index in [1.807, 2.05) is 0 Å². The maximum absolute atomic E-state index is 10.8. The van der Waals surface area contributed by atoms with Crippen molar-refractivity contribution in [1.29, 1.82) is 0 Å². The van der Waals surface area contributed by atoms with Gasteiger partial charge in [-0.1, -0.05) is 13.3 Å². The van der Waals surface area contributed by atoms with Gasteiger partial charge in [0.05, 0.1) is 17.1 Å². The Hall–Kier alpha value is -1.85. The highest BCUT2D eigenvalue weighted by molar-refractivity contribution is 5.54. The van der Waals surface area contributed by atoms with E-state index in [-0.39, 0.29) is 11.5 Å². The smallest absolute Gasteiger partial charge is 0.276 e. The van der Waals surface area contributed by atoms with Gasteiger partial charge in [-0.2, -0.15) is 0 Å². The van der Waals surface area contributed by atoms with E-state index < -0.39 is 4.92 Å². The van der Waals surface area contributed by atoms with Gasteiger partial charge in [0.15, 0.2) is 0 Å². The lowest BCUT2D eigenvalue weighted by Crippen LogP contribution is -2.21. The van der Waals surface area contributed by atoms with Crippen molar-refractivity contribution in [2.24, 2.45) is 5.92 Å². The second-order valence-electron chi connectivity index (χ2n) is 4.75. The summed E-state index contributed by atoms with van der Waals surface area (Å²) in [6.45, 7) is 3.99. The van der Waals surface area contributed by atoms with Gasteiger partial charge in [-0.05, 0) is 18.8 Å². The number of hydrogen-bond acceptors (Lipinski definition) is 5. The highest BCUT2D eigenvalue weighted by Crippen LogP contribution is 2.28. The third-order valence-electron chi connectivity index (χ3n) is 3.33. The van der Waals surface area contributed by atoms with Crippen LogP contribution in [0, 0.1) is 16.0 Å². The molecule has 1 unspecified atom stereocenters. The molecule has 1 fully saturated rings. The molecule has 0 spiro atoms. The average Bonchev–Trinajstić information content (AvgIpc) is 2.77. The molecule has 6 nitrogen and oxygen atoms in total. The summed E-state index contributed by atoms with van der Waals surface area (Å²) in [7, 11) is 0. The molecular weight excluding hydrogens is 232 g/mol. The minimum atomic E-state index is -0.429. The topological polar surface area (TPSA) is 85.3 Å². The van der Waals surface area contributed by atoms with Crippen LogP contribution in [0.4, 0.5) is 17.3 Å². The van der Waals surface area contributed by atoms with E-state index >= 15 is 0 Å². The van der Waals surface area contributed by atoms with E-state index in [1.165, 1.54) is 25.0 Å². The van der Waals surface area contributed by atoms with Crippen molar-refractivity contribution in [1.82, 2.24) is 4.98 Å². The first-order valence-electron chi connectivity index (χ1n) is 6.27. The fourth-order valence-electron chi connectivity index (χ4n) is 2.47. The van der Waals surface area contributed by atoms with Gasteiger partial charge in [0.25, 0.3) is 5.69 Å². The number of pyridine rings is 1. The summed E-state index contributed by atoms with van der Waals surface area (Å²) in [5.74, 6) is 1.50. The number of rotatable bonds is 4. The Kier molecular flexibility index (Phi) is 3.64. The highest BCUT2D eigenvalue weighted by atomic mass is 16.6. The van der Waals surface area contributed by atoms with Gasteiger partial charge >= 0.3 is 0 Å². The van der Waals surface area contributed by atoms with Gasteiger partial charge in [0, 0.05) is 13.1 Å². The molecule has 1 aliphatic rings. The predicted octanol–water partition coefficient (Wildman–Crippen LogP) is 2.20. The molecule has 0 bridgehead atoms. The van der Waals surface area contributed by atoms with Crippen LogP contribution in [0.1, 0.15) is 26.2 Å². The van der Waals surface area contributed by atoms with E-state index in [2.05, 4.69) is 16.8 Å². The lowest BCUT2D eigenvalue weighted by atomic mass is 10.0.